The minimum atomic E-state index is -1.000. The van der Waals surface area contributed by atoms with Crippen molar-refractivity contribution < 1.29 is 14.7 Å². The molecule has 1 aliphatic rings. The van der Waals surface area contributed by atoms with Crippen molar-refractivity contribution in [3.63, 3.8) is 0 Å². The van der Waals surface area contributed by atoms with Gasteiger partial charge in [-0.05, 0) is 30.5 Å². The van der Waals surface area contributed by atoms with Crippen LogP contribution in [-0.2, 0) is 16.0 Å². The number of carboxylic acid groups (broad SMARTS) is 1. The van der Waals surface area contributed by atoms with Crippen LogP contribution in [0.25, 0.3) is 0 Å². The molecule has 21 heavy (non-hydrogen) atoms. The van der Waals surface area contributed by atoms with Gasteiger partial charge >= 0.3 is 5.97 Å². The van der Waals surface area contributed by atoms with Gasteiger partial charge in [0.2, 0.25) is 5.91 Å². The number of rotatable bonds is 5. The zero-order chi connectivity index (χ0) is 15.4. The van der Waals surface area contributed by atoms with Gasteiger partial charge in [0.05, 0.1) is 6.42 Å². The van der Waals surface area contributed by atoms with Crippen molar-refractivity contribution in [3.8, 4) is 0 Å². The lowest BCUT2D eigenvalue weighted by atomic mass is 10.1. The van der Waals surface area contributed by atoms with Crippen molar-refractivity contribution in [3.05, 3.63) is 33.8 Å². The number of carboxylic acids is 1. The predicted octanol–water partition coefficient (Wildman–Crippen LogP) is 3.39. The van der Waals surface area contributed by atoms with E-state index < -0.39 is 5.97 Å². The Balaban J connectivity index is 2.16. The second-order valence-electron chi connectivity index (χ2n) is 5.23. The van der Waals surface area contributed by atoms with Crippen LogP contribution in [0.5, 0.6) is 0 Å². The number of carbonyl (C=O) groups excluding carboxylic acids is 1. The molecule has 1 N–H and O–H groups in total. The third-order valence-electron chi connectivity index (χ3n) is 3.78. The van der Waals surface area contributed by atoms with Gasteiger partial charge in [-0.25, -0.2) is 0 Å². The monoisotopic (exact) mass is 329 g/mol. The second-order valence-corrected chi connectivity index (χ2v) is 6.05. The van der Waals surface area contributed by atoms with Crippen LogP contribution in [0.3, 0.4) is 0 Å². The van der Waals surface area contributed by atoms with Gasteiger partial charge in [-0.15, -0.1) is 0 Å². The summed E-state index contributed by atoms with van der Waals surface area (Å²) in [5, 5.41) is 9.88. The first-order valence-corrected chi connectivity index (χ1v) is 7.68. The van der Waals surface area contributed by atoms with Gasteiger partial charge in [0.1, 0.15) is 6.54 Å². The van der Waals surface area contributed by atoms with E-state index in [4.69, 9.17) is 28.3 Å². The van der Waals surface area contributed by atoms with Crippen LogP contribution in [0.4, 0.5) is 0 Å². The topological polar surface area (TPSA) is 57.6 Å². The Labute approximate surface area is 133 Å². The molecule has 1 aromatic carbocycles. The summed E-state index contributed by atoms with van der Waals surface area (Å²) in [6.07, 6.45) is 3.80. The molecule has 0 bridgehead atoms. The Hall–Kier alpha value is -1.26. The number of benzene rings is 1. The molecule has 114 valence electrons. The zero-order valence-electron chi connectivity index (χ0n) is 11.5. The van der Waals surface area contributed by atoms with E-state index in [1.807, 2.05) is 0 Å². The van der Waals surface area contributed by atoms with Crippen molar-refractivity contribution in [2.45, 2.75) is 38.1 Å². The normalized spacial score (nSPS) is 15.1. The van der Waals surface area contributed by atoms with Crippen molar-refractivity contribution >= 4 is 35.1 Å². The molecule has 1 aliphatic carbocycles. The number of nitrogens with zero attached hydrogens (tertiary/aromatic N) is 1. The summed E-state index contributed by atoms with van der Waals surface area (Å²) >= 11 is 12.1. The van der Waals surface area contributed by atoms with E-state index in [0.717, 1.165) is 25.7 Å². The Morgan fingerprint density at radius 3 is 2.29 bits per heavy atom. The van der Waals surface area contributed by atoms with E-state index in [1.165, 1.54) is 4.90 Å². The maximum Gasteiger partial charge on any atom is 0.323 e. The molecule has 0 radical (unpaired) electrons. The molecule has 2 rings (SSSR count). The summed E-state index contributed by atoms with van der Waals surface area (Å²) in [5.41, 5.74) is 0.555. The van der Waals surface area contributed by atoms with Crippen molar-refractivity contribution in [1.82, 2.24) is 4.90 Å². The molecule has 0 aromatic heterocycles. The van der Waals surface area contributed by atoms with Gasteiger partial charge in [0.15, 0.2) is 0 Å². The summed E-state index contributed by atoms with van der Waals surface area (Å²) in [5.74, 6) is -1.24. The van der Waals surface area contributed by atoms with Crippen LogP contribution in [0.15, 0.2) is 18.2 Å². The lowest BCUT2D eigenvalue weighted by Gasteiger charge is -2.27. The molecule has 1 aromatic rings. The molecular formula is C15H17Cl2NO3. The molecule has 6 heteroatoms. The number of carbonyl (C=O) groups is 2. The molecule has 0 atom stereocenters. The summed E-state index contributed by atoms with van der Waals surface area (Å²) < 4.78 is 0. The third kappa shape index (κ3) is 4.11. The van der Waals surface area contributed by atoms with Crippen molar-refractivity contribution in [2.75, 3.05) is 6.54 Å². The number of hydrogen-bond donors (Lipinski definition) is 1. The van der Waals surface area contributed by atoms with Crippen LogP contribution >= 0.6 is 23.2 Å². The largest absolute Gasteiger partial charge is 0.480 e. The molecule has 0 unspecified atom stereocenters. The average Bonchev–Trinajstić information content (AvgIpc) is 2.93. The number of halogens is 2. The summed E-state index contributed by atoms with van der Waals surface area (Å²) in [6.45, 7) is -0.272. The molecule has 0 heterocycles. The zero-order valence-corrected chi connectivity index (χ0v) is 13.0. The number of hydrogen-bond acceptors (Lipinski definition) is 2. The minimum Gasteiger partial charge on any atom is -0.480 e. The van der Waals surface area contributed by atoms with E-state index in [2.05, 4.69) is 0 Å². The minimum absolute atomic E-state index is 0.00913. The standard InChI is InChI=1S/C15H17Cl2NO3/c16-12-6-3-7-13(17)11(12)8-14(19)18(9-15(20)21)10-4-1-2-5-10/h3,6-7,10H,1-2,4-5,8-9H2,(H,20,21). The summed E-state index contributed by atoms with van der Waals surface area (Å²) in [6, 6.07) is 5.07. The maximum absolute atomic E-state index is 12.5. The highest BCUT2D eigenvalue weighted by Crippen LogP contribution is 2.28. The first-order chi connectivity index (χ1) is 9.99. The lowest BCUT2D eigenvalue weighted by molar-refractivity contribution is -0.145. The first-order valence-electron chi connectivity index (χ1n) is 6.93. The Kier molecular flexibility index (Phi) is 5.48. The average molecular weight is 330 g/mol. The van der Waals surface area contributed by atoms with Gasteiger partial charge in [-0.1, -0.05) is 42.1 Å². The van der Waals surface area contributed by atoms with Gasteiger partial charge in [0, 0.05) is 16.1 Å². The molecule has 0 aliphatic heterocycles. The smallest absolute Gasteiger partial charge is 0.323 e. The van der Waals surface area contributed by atoms with Crippen molar-refractivity contribution in [2.24, 2.45) is 0 Å². The highest BCUT2D eigenvalue weighted by atomic mass is 35.5. The fourth-order valence-corrected chi connectivity index (χ4v) is 3.27. The van der Waals surface area contributed by atoms with Crippen LogP contribution in [0.2, 0.25) is 10.0 Å². The second kappa shape index (κ2) is 7.14. The molecular weight excluding hydrogens is 313 g/mol. The van der Waals surface area contributed by atoms with Gasteiger partial charge in [-0.3, -0.25) is 9.59 Å². The third-order valence-corrected chi connectivity index (χ3v) is 4.49. The fourth-order valence-electron chi connectivity index (χ4n) is 2.74. The van der Waals surface area contributed by atoms with E-state index >= 15 is 0 Å². The Morgan fingerprint density at radius 1 is 1.19 bits per heavy atom. The maximum atomic E-state index is 12.5. The van der Waals surface area contributed by atoms with Gasteiger partial charge < -0.3 is 10.0 Å². The van der Waals surface area contributed by atoms with Crippen LogP contribution in [0, 0.1) is 0 Å². The van der Waals surface area contributed by atoms with E-state index in [-0.39, 0.29) is 24.9 Å². The predicted molar refractivity (Wildman–Crippen MR) is 81.8 cm³/mol. The SMILES string of the molecule is O=C(O)CN(C(=O)Cc1c(Cl)cccc1Cl)C1CCCC1. The molecule has 4 nitrogen and oxygen atoms in total. The van der Waals surface area contributed by atoms with Gasteiger partial charge in [-0.2, -0.15) is 0 Å². The number of aliphatic carboxylic acids is 1. The number of amides is 1. The molecule has 0 saturated heterocycles. The first kappa shape index (κ1) is 16.1. The quantitative estimate of drug-likeness (QED) is 0.900. The molecule has 1 amide bonds. The van der Waals surface area contributed by atoms with Gasteiger partial charge in [0.25, 0.3) is 0 Å². The van der Waals surface area contributed by atoms with Crippen molar-refractivity contribution in [1.29, 1.82) is 0 Å². The van der Waals surface area contributed by atoms with E-state index in [1.54, 1.807) is 18.2 Å². The fraction of sp³-hybridized carbons (Fsp3) is 0.467. The highest BCUT2D eigenvalue weighted by Gasteiger charge is 2.28. The molecule has 1 saturated carbocycles. The Bertz CT molecular complexity index is 521. The lowest BCUT2D eigenvalue weighted by Crippen LogP contribution is -2.43. The van der Waals surface area contributed by atoms with Crippen LogP contribution < -0.4 is 0 Å². The molecule has 0 spiro atoms. The summed E-state index contributed by atoms with van der Waals surface area (Å²) in [7, 11) is 0. The van der Waals surface area contributed by atoms with Crippen LogP contribution in [-0.4, -0.2) is 34.5 Å². The van der Waals surface area contributed by atoms with E-state index in [9.17, 15) is 9.59 Å². The van der Waals surface area contributed by atoms with Crippen LogP contribution in [0.1, 0.15) is 31.2 Å². The Morgan fingerprint density at radius 2 is 1.76 bits per heavy atom. The summed E-state index contributed by atoms with van der Waals surface area (Å²) in [4.78, 5) is 24.9. The highest BCUT2D eigenvalue weighted by molar-refractivity contribution is 6.36. The van der Waals surface area contributed by atoms with E-state index in [0.29, 0.717) is 15.6 Å². The molecule has 1 fully saturated rings.